The molecule has 0 atom stereocenters. The van der Waals surface area contributed by atoms with E-state index in [1.54, 1.807) is 24.3 Å². The van der Waals surface area contributed by atoms with Crippen LogP contribution < -0.4 is 0 Å². The van der Waals surface area contributed by atoms with Crippen LogP contribution in [0.4, 0.5) is 0 Å². The Kier molecular flexibility index (Phi) is 10.1. The van der Waals surface area contributed by atoms with E-state index < -0.39 is 5.97 Å². The molecular formula is C18H25NO6. The maximum absolute atomic E-state index is 12.4. The molecule has 7 nitrogen and oxygen atoms in total. The van der Waals surface area contributed by atoms with Gasteiger partial charge in [0.25, 0.3) is 0 Å². The highest BCUT2D eigenvalue weighted by Crippen LogP contribution is 2.07. The van der Waals surface area contributed by atoms with E-state index in [-0.39, 0.29) is 63.9 Å². The number of benzene rings is 1. The van der Waals surface area contributed by atoms with Crippen molar-refractivity contribution in [3.63, 3.8) is 0 Å². The second-order valence-corrected chi connectivity index (χ2v) is 5.33. The van der Waals surface area contributed by atoms with Gasteiger partial charge in [0.1, 0.15) is 0 Å². The molecule has 0 saturated carbocycles. The van der Waals surface area contributed by atoms with Crippen molar-refractivity contribution in [2.75, 3.05) is 40.0 Å². The third kappa shape index (κ3) is 8.42. The minimum absolute atomic E-state index is 0.0644. The summed E-state index contributed by atoms with van der Waals surface area (Å²) in [5, 5.41) is 8.70. The molecule has 0 bridgehead atoms. The van der Waals surface area contributed by atoms with Crippen molar-refractivity contribution in [1.82, 2.24) is 4.90 Å². The average molecular weight is 351 g/mol. The Hall–Kier alpha value is -2.25. The lowest BCUT2D eigenvalue weighted by Gasteiger charge is -2.22. The average Bonchev–Trinajstić information content (AvgIpc) is 2.65. The molecule has 1 N–H and O–H groups in total. The third-order valence-electron chi connectivity index (χ3n) is 3.57. The lowest BCUT2D eigenvalue weighted by atomic mass is 10.1. The van der Waals surface area contributed by atoms with Crippen LogP contribution in [0.25, 0.3) is 0 Å². The molecule has 7 heteroatoms. The third-order valence-corrected chi connectivity index (χ3v) is 3.57. The Morgan fingerprint density at radius 2 is 1.72 bits per heavy atom. The molecule has 0 spiro atoms. The van der Waals surface area contributed by atoms with Gasteiger partial charge >= 0.3 is 5.97 Å². The fourth-order valence-corrected chi connectivity index (χ4v) is 2.18. The van der Waals surface area contributed by atoms with Gasteiger partial charge in [-0.3, -0.25) is 14.4 Å². The maximum atomic E-state index is 12.4. The molecule has 1 aromatic carbocycles. The zero-order valence-electron chi connectivity index (χ0n) is 14.5. The summed E-state index contributed by atoms with van der Waals surface area (Å²) in [6.45, 7) is 0.830. The van der Waals surface area contributed by atoms with E-state index in [1.807, 2.05) is 6.07 Å². The topological polar surface area (TPSA) is 93.1 Å². The maximum Gasteiger partial charge on any atom is 0.307 e. The number of amides is 1. The van der Waals surface area contributed by atoms with Crippen molar-refractivity contribution < 1.29 is 29.0 Å². The molecule has 1 aromatic rings. The molecule has 0 saturated heterocycles. The van der Waals surface area contributed by atoms with Crippen LogP contribution in [0.5, 0.6) is 0 Å². The van der Waals surface area contributed by atoms with Gasteiger partial charge in [0.15, 0.2) is 5.78 Å². The van der Waals surface area contributed by atoms with Gasteiger partial charge < -0.3 is 19.5 Å². The second-order valence-electron chi connectivity index (χ2n) is 5.33. The number of ketones is 1. The number of nitrogens with zero attached hydrogens (tertiary/aromatic N) is 1. The van der Waals surface area contributed by atoms with Gasteiger partial charge in [0.2, 0.25) is 5.91 Å². The lowest BCUT2D eigenvalue weighted by Crippen LogP contribution is -2.36. The number of carbonyl (C=O) groups excluding carboxylic acids is 3. The lowest BCUT2D eigenvalue weighted by molar-refractivity contribution is -0.142. The highest BCUT2D eigenvalue weighted by atomic mass is 16.5. The molecular weight excluding hydrogens is 326 g/mol. The summed E-state index contributed by atoms with van der Waals surface area (Å²) in [7, 11) is 1.29. The zero-order valence-corrected chi connectivity index (χ0v) is 14.5. The first-order chi connectivity index (χ1) is 12.1. The number of esters is 1. The summed E-state index contributed by atoms with van der Waals surface area (Å²) < 4.78 is 9.75. The SMILES string of the molecule is COC(=O)CCN(CCOCCO)C(=O)CCC(=O)c1ccccc1. The summed E-state index contributed by atoms with van der Waals surface area (Å²) in [6.07, 6.45) is 0.249. The number of rotatable bonds is 12. The van der Waals surface area contributed by atoms with Crippen molar-refractivity contribution >= 4 is 17.7 Å². The summed E-state index contributed by atoms with van der Waals surface area (Å²) in [4.78, 5) is 37.2. The molecule has 25 heavy (non-hydrogen) atoms. The van der Waals surface area contributed by atoms with E-state index in [1.165, 1.54) is 12.0 Å². The van der Waals surface area contributed by atoms with Crippen LogP contribution in [0.2, 0.25) is 0 Å². The van der Waals surface area contributed by atoms with E-state index in [0.717, 1.165) is 0 Å². The highest BCUT2D eigenvalue weighted by molar-refractivity contribution is 5.97. The van der Waals surface area contributed by atoms with E-state index in [0.29, 0.717) is 5.56 Å². The quantitative estimate of drug-likeness (QED) is 0.344. The van der Waals surface area contributed by atoms with Crippen molar-refractivity contribution in [2.45, 2.75) is 19.3 Å². The van der Waals surface area contributed by atoms with Crippen LogP contribution >= 0.6 is 0 Å². The summed E-state index contributed by atoms with van der Waals surface area (Å²) in [5.74, 6) is -0.728. The largest absolute Gasteiger partial charge is 0.469 e. The van der Waals surface area contributed by atoms with Crippen molar-refractivity contribution in [2.24, 2.45) is 0 Å². The monoisotopic (exact) mass is 351 g/mol. The molecule has 138 valence electrons. The van der Waals surface area contributed by atoms with Gasteiger partial charge in [0.05, 0.1) is 33.4 Å². The van der Waals surface area contributed by atoms with E-state index in [4.69, 9.17) is 9.84 Å². The van der Waals surface area contributed by atoms with Crippen LogP contribution in [-0.4, -0.2) is 67.7 Å². The molecule has 0 unspecified atom stereocenters. The van der Waals surface area contributed by atoms with Crippen LogP contribution in [0, 0.1) is 0 Å². The number of Topliss-reactive ketones (excluding diaryl/α,β-unsaturated/α-hetero) is 1. The predicted octanol–water partition coefficient (Wildman–Crippen LogP) is 1.05. The predicted molar refractivity (Wildman–Crippen MR) is 91.1 cm³/mol. The van der Waals surface area contributed by atoms with Crippen molar-refractivity contribution in [1.29, 1.82) is 0 Å². The Morgan fingerprint density at radius 3 is 2.36 bits per heavy atom. The fraction of sp³-hybridized carbons (Fsp3) is 0.500. The van der Waals surface area contributed by atoms with Gasteiger partial charge in [-0.2, -0.15) is 0 Å². The number of aliphatic hydroxyl groups excluding tert-OH is 1. The first-order valence-electron chi connectivity index (χ1n) is 8.20. The van der Waals surface area contributed by atoms with Gasteiger partial charge in [-0.15, -0.1) is 0 Å². The highest BCUT2D eigenvalue weighted by Gasteiger charge is 2.17. The van der Waals surface area contributed by atoms with Crippen molar-refractivity contribution in [3.8, 4) is 0 Å². The molecule has 0 aromatic heterocycles. The minimum atomic E-state index is -0.408. The van der Waals surface area contributed by atoms with Crippen LogP contribution in [0.1, 0.15) is 29.6 Å². The zero-order chi connectivity index (χ0) is 18.5. The van der Waals surface area contributed by atoms with Crippen LogP contribution in [0.15, 0.2) is 30.3 Å². The summed E-state index contributed by atoms with van der Waals surface area (Å²) in [6, 6.07) is 8.80. The molecule has 0 aliphatic carbocycles. The number of hydrogen-bond donors (Lipinski definition) is 1. The first kappa shape index (κ1) is 20.8. The Morgan fingerprint density at radius 1 is 1.00 bits per heavy atom. The number of ether oxygens (including phenoxy) is 2. The molecule has 0 fully saturated rings. The van der Waals surface area contributed by atoms with Gasteiger partial charge in [0, 0.05) is 31.5 Å². The normalized spacial score (nSPS) is 10.3. The van der Waals surface area contributed by atoms with Crippen LogP contribution in [-0.2, 0) is 19.1 Å². The van der Waals surface area contributed by atoms with E-state index in [2.05, 4.69) is 4.74 Å². The Balaban J connectivity index is 2.51. The number of carbonyl (C=O) groups is 3. The van der Waals surface area contributed by atoms with Gasteiger partial charge in [-0.25, -0.2) is 0 Å². The van der Waals surface area contributed by atoms with E-state index >= 15 is 0 Å². The smallest absolute Gasteiger partial charge is 0.307 e. The Bertz CT molecular complexity index is 546. The minimum Gasteiger partial charge on any atom is -0.469 e. The molecule has 1 amide bonds. The molecule has 0 heterocycles. The van der Waals surface area contributed by atoms with Crippen molar-refractivity contribution in [3.05, 3.63) is 35.9 Å². The molecule has 0 radical (unpaired) electrons. The van der Waals surface area contributed by atoms with E-state index in [9.17, 15) is 14.4 Å². The second kappa shape index (κ2) is 12.2. The summed E-state index contributed by atoms with van der Waals surface area (Å²) >= 11 is 0. The molecule has 0 aliphatic heterocycles. The number of hydrogen-bond acceptors (Lipinski definition) is 6. The van der Waals surface area contributed by atoms with Crippen LogP contribution in [0.3, 0.4) is 0 Å². The number of methoxy groups -OCH3 is 1. The first-order valence-corrected chi connectivity index (χ1v) is 8.20. The summed E-state index contributed by atoms with van der Waals surface area (Å²) in [5.41, 5.74) is 0.572. The van der Waals surface area contributed by atoms with Gasteiger partial charge in [-0.05, 0) is 0 Å². The standard InChI is InChI=1S/C18H25NO6/c1-24-18(23)9-10-19(11-13-25-14-12-20)17(22)8-7-16(21)15-5-3-2-4-6-15/h2-6,20H,7-14H2,1H3. The molecule has 0 aliphatic rings. The van der Waals surface area contributed by atoms with Gasteiger partial charge in [-0.1, -0.05) is 30.3 Å². The Labute approximate surface area is 147 Å². The number of aliphatic hydroxyl groups is 1. The fourth-order valence-electron chi connectivity index (χ4n) is 2.18. The molecule has 1 rings (SSSR count).